The maximum atomic E-state index is 11.6. The van der Waals surface area contributed by atoms with E-state index in [1.54, 1.807) is 6.07 Å². The summed E-state index contributed by atoms with van der Waals surface area (Å²) in [7, 11) is 1.45. The number of likely N-dealkylation sites (tertiary alicyclic amines) is 1. The average molecular weight is 298 g/mol. The fourth-order valence-electron chi connectivity index (χ4n) is 2.47. The van der Waals surface area contributed by atoms with E-state index in [0.717, 1.165) is 38.2 Å². The first-order valence-electron chi connectivity index (χ1n) is 6.87. The topological polar surface area (TPSA) is 38.8 Å². The minimum absolute atomic E-state index is 0.0000743. The van der Waals surface area contributed by atoms with E-state index in [-0.39, 0.29) is 11.9 Å². The molecule has 0 aromatic heterocycles. The number of ether oxygens (including phenoxy) is 2. The van der Waals surface area contributed by atoms with E-state index in [1.807, 2.05) is 18.2 Å². The molecule has 4 nitrogen and oxygen atoms in total. The van der Waals surface area contributed by atoms with Gasteiger partial charge in [0.05, 0.1) is 13.0 Å². The van der Waals surface area contributed by atoms with Crippen LogP contribution < -0.4 is 4.74 Å². The van der Waals surface area contributed by atoms with Crippen molar-refractivity contribution in [3.8, 4) is 5.75 Å². The van der Waals surface area contributed by atoms with Crippen molar-refractivity contribution in [1.82, 2.24) is 4.90 Å². The third kappa shape index (κ3) is 4.39. The van der Waals surface area contributed by atoms with Gasteiger partial charge in [-0.25, -0.2) is 0 Å². The number of piperidine rings is 1. The molecule has 1 aliphatic heterocycles. The molecule has 0 spiro atoms. The van der Waals surface area contributed by atoms with Gasteiger partial charge in [0.1, 0.15) is 12.4 Å². The molecule has 0 radical (unpaired) electrons. The molecule has 1 unspecified atom stereocenters. The number of carbonyl (C=O) groups excluding carboxylic acids is 1. The Kier molecular flexibility index (Phi) is 5.68. The van der Waals surface area contributed by atoms with Gasteiger partial charge in [-0.15, -0.1) is 0 Å². The smallest absolute Gasteiger partial charge is 0.309 e. The number of methoxy groups -OCH3 is 1. The van der Waals surface area contributed by atoms with Crippen molar-refractivity contribution in [2.75, 3.05) is 33.4 Å². The first-order valence-corrected chi connectivity index (χ1v) is 7.25. The summed E-state index contributed by atoms with van der Waals surface area (Å²) in [6, 6.07) is 7.38. The second kappa shape index (κ2) is 7.50. The Balaban J connectivity index is 1.75. The van der Waals surface area contributed by atoms with Crippen molar-refractivity contribution in [2.24, 2.45) is 5.92 Å². The van der Waals surface area contributed by atoms with Gasteiger partial charge >= 0.3 is 5.97 Å². The van der Waals surface area contributed by atoms with E-state index in [0.29, 0.717) is 11.6 Å². The highest BCUT2D eigenvalue weighted by atomic mass is 35.5. The number of halogens is 1. The van der Waals surface area contributed by atoms with Crippen molar-refractivity contribution in [1.29, 1.82) is 0 Å². The molecule has 1 saturated heterocycles. The molecular weight excluding hydrogens is 278 g/mol. The Hall–Kier alpha value is -1.26. The van der Waals surface area contributed by atoms with Crippen LogP contribution in [-0.4, -0.2) is 44.2 Å². The molecule has 1 aliphatic rings. The number of hydrogen-bond donors (Lipinski definition) is 0. The van der Waals surface area contributed by atoms with Gasteiger partial charge in [-0.3, -0.25) is 9.69 Å². The Labute approximate surface area is 124 Å². The molecule has 1 atom stereocenters. The zero-order valence-electron chi connectivity index (χ0n) is 11.7. The lowest BCUT2D eigenvalue weighted by Crippen LogP contribution is -2.41. The van der Waals surface area contributed by atoms with Crippen LogP contribution >= 0.6 is 11.6 Å². The highest BCUT2D eigenvalue weighted by Crippen LogP contribution is 2.19. The standard InChI is InChI=1S/C15H20ClNO3/c1-19-15(18)12-4-3-7-17(11-12)8-9-20-14-6-2-5-13(16)10-14/h2,5-6,10,12H,3-4,7-9,11H2,1H3. The molecule has 2 rings (SSSR count). The van der Waals surface area contributed by atoms with Gasteiger partial charge in [0.15, 0.2) is 0 Å². The maximum absolute atomic E-state index is 11.6. The minimum Gasteiger partial charge on any atom is -0.492 e. The van der Waals surface area contributed by atoms with Crippen molar-refractivity contribution in [2.45, 2.75) is 12.8 Å². The molecule has 0 amide bonds. The number of benzene rings is 1. The quantitative estimate of drug-likeness (QED) is 0.783. The first-order chi connectivity index (χ1) is 9.69. The summed E-state index contributed by atoms with van der Waals surface area (Å²) >= 11 is 5.90. The number of nitrogens with zero attached hydrogens (tertiary/aromatic N) is 1. The second-order valence-electron chi connectivity index (χ2n) is 4.97. The lowest BCUT2D eigenvalue weighted by atomic mass is 9.98. The van der Waals surface area contributed by atoms with Gasteiger partial charge in [0, 0.05) is 18.1 Å². The zero-order valence-corrected chi connectivity index (χ0v) is 12.4. The normalized spacial score (nSPS) is 19.6. The summed E-state index contributed by atoms with van der Waals surface area (Å²) in [4.78, 5) is 13.8. The molecule has 1 fully saturated rings. The SMILES string of the molecule is COC(=O)C1CCCN(CCOc2cccc(Cl)c2)C1. The first kappa shape index (κ1) is 15.1. The van der Waals surface area contributed by atoms with Crippen molar-refractivity contribution in [3.63, 3.8) is 0 Å². The van der Waals surface area contributed by atoms with Gasteiger partial charge in [-0.05, 0) is 37.6 Å². The maximum Gasteiger partial charge on any atom is 0.309 e. The van der Waals surface area contributed by atoms with E-state index >= 15 is 0 Å². The molecule has 0 saturated carbocycles. The van der Waals surface area contributed by atoms with Gasteiger partial charge in [0.25, 0.3) is 0 Å². The number of esters is 1. The van der Waals surface area contributed by atoms with E-state index in [4.69, 9.17) is 21.1 Å². The predicted molar refractivity (Wildman–Crippen MR) is 78.1 cm³/mol. The van der Waals surface area contributed by atoms with Crippen molar-refractivity contribution in [3.05, 3.63) is 29.3 Å². The lowest BCUT2D eigenvalue weighted by Gasteiger charge is -2.31. The van der Waals surface area contributed by atoms with Crippen LogP contribution in [0, 0.1) is 5.92 Å². The van der Waals surface area contributed by atoms with Crippen LogP contribution in [0.1, 0.15) is 12.8 Å². The fraction of sp³-hybridized carbons (Fsp3) is 0.533. The third-order valence-corrected chi connectivity index (χ3v) is 3.75. The molecule has 1 aromatic carbocycles. The molecule has 0 N–H and O–H groups in total. The number of rotatable bonds is 5. The molecule has 0 aliphatic carbocycles. The summed E-state index contributed by atoms with van der Waals surface area (Å²) in [5.41, 5.74) is 0. The molecule has 110 valence electrons. The Bertz CT molecular complexity index is 452. The summed E-state index contributed by atoms with van der Waals surface area (Å²) in [5, 5.41) is 0.672. The number of hydrogen-bond acceptors (Lipinski definition) is 4. The van der Waals surface area contributed by atoms with E-state index in [1.165, 1.54) is 7.11 Å². The van der Waals surface area contributed by atoms with E-state index in [2.05, 4.69) is 4.90 Å². The second-order valence-corrected chi connectivity index (χ2v) is 5.41. The summed E-state index contributed by atoms with van der Waals surface area (Å²) < 4.78 is 10.5. The third-order valence-electron chi connectivity index (χ3n) is 3.51. The van der Waals surface area contributed by atoms with Crippen LogP contribution in [0.15, 0.2) is 24.3 Å². The molecular formula is C15H20ClNO3. The van der Waals surface area contributed by atoms with Crippen LogP contribution in [0.2, 0.25) is 5.02 Å². The molecule has 20 heavy (non-hydrogen) atoms. The minimum atomic E-state index is -0.106. The predicted octanol–water partition coefficient (Wildman–Crippen LogP) is 2.60. The van der Waals surface area contributed by atoms with Crippen LogP contribution in [-0.2, 0) is 9.53 Å². The Morgan fingerprint density at radius 3 is 3.10 bits per heavy atom. The highest BCUT2D eigenvalue weighted by molar-refractivity contribution is 6.30. The van der Waals surface area contributed by atoms with E-state index < -0.39 is 0 Å². The highest BCUT2D eigenvalue weighted by Gasteiger charge is 2.26. The average Bonchev–Trinajstić information content (AvgIpc) is 2.47. The molecule has 1 heterocycles. The summed E-state index contributed by atoms with van der Waals surface area (Å²) in [5.74, 6) is 0.671. The van der Waals surface area contributed by atoms with Crippen LogP contribution in [0.25, 0.3) is 0 Å². The van der Waals surface area contributed by atoms with Crippen molar-refractivity contribution < 1.29 is 14.3 Å². The van der Waals surface area contributed by atoms with Gasteiger partial charge in [-0.1, -0.05) is 17.7 Å². The van der Waals surface area contributed by atoms with Crippen LogP contribution in [0.4, 0.5) is 0 Å². The number of carbonyl (C=O) groups is 1. The Morgan fingerprint density at radius 1 is 1.50 bits per heavy atom. The Morgan fingerprint density at radius 2 is 2.35 bits per heavy atom. The summed E-state index contributed by atoms with van der Waals surface area (Å²) in [6.07, 6.45) is 1.94. The van der Waals surface area contributed by atoms with Gasteiger partial charge < -0.3 is 9.47 Å². The van der Waals surface area contributed by atoms with Crippen LogP contribution in [0.3, 0.4) is 0 Å². The monoisotopic (exact) mass is 297 g/mol. The van der Waals surface area contributed by atoms with Gasteiger partial charge in [-0.2, -0.15) is 0 Å². The fourth-order valence-corrected chi connectivity index (χ4v) is 2.65. The van der Waals surface area contributed by atoms with Gasteiger partial charge in [0.2, 0.25) is 0 Å². The van der Waals surface area contributed by atoms with Crippen molar-refractivity contribution >= 4 is 17.6 Å². The molecule has 0 bridgehead atoms. The zero-order chi connectivity index (χ0) is 14.4. The molecule has 1 aromatic rings. The molecule has 5 heteroatoms. The van der Waals surface area contributed by atoms with E-state index in [9.17, 15) is 4.79 Å². The summed E-state index contributed by atoms with van der Waals surface area (Å²) in [6.45, 7) is 3.16. The lowest BCUT2D eigenvalue weighted by molar-refractivity contribution is -0.147. The largest absolute Gasteiger partial charge is 0.492 e. The van der Waals surface area contributed by atoms with Crippen LogP contribution in [0.5, 0.6) is 5.75 Å².